The van der Waals surface area contributed by atoms with Crippen LogP contribution in [0.4, 0.5) is 5.69 Å². The Morgan fingerprint density at radius 1 is 1.03 bits per heavy atom. The van der Waals surface area contributed by atoms with Crippen LogP contribution in [0.15, 0.2) is 52.3 Å². The van der Waals surface area contributed by atoms with Crippen LogP contribution in [0.1, 0.15) is 13.8 Å². The Morgan fingerprint density at radius 3 is 2.24 bits per heavy atom. The SMILES string of the molecule is CCN(CC)S(=O)(=O)c1ccc(OC)c(NC(=O)CSc2ccc(OC)cc2)c1. The van der Waals surface area contributed by atoms with Crippen LogP contribution in [0.5, 0.6) is 11.5 Å². The first-order valence-electron chi connectivity index (χ1n) is 9.10. The van der Waals surface area contributed by atoms with E-state index in [1.165, 1.54) is 35.3 Å². The molecule has 0 fully saturated rings. The first kappa shape index (κ1) is 23.1. The molecule has 0 aliphatic rings. The Kier molecular flexibility index (Phi) is 8.36. The van der Waals surface area contributed by atoms with Gasteiger partial charge in [0.2, 0.25) is 15.9 Å². The average Bonchev–Trinajstić information content (AvgIpc) is 2.73. The Bertz CT molecular complexity index is 926. The van der Waals surface area contributed by atoms with Crippen LogP contribution in [-0.4, -0.2) is 51.7 Å². The third-order valence-electron chi connectivity index (χ3n) is 4.22. The molecule has 0 aromatic heterocycles. The van der Waals surface area contributed by atoms with Crippen LogP contribution in [0.2, 0.25) is 0 Å². The molecule has 9 heteroatoms. The fourth-order valence-corrected chi connectivity index (χ4v) is 4.85. The van der Waals surface area contributed by atoms with Crippen LogP contribution >= 0.6 is 11.8 Å². The van der Waals surface area contributed by atoms with Crippen molar-refractivity contribution in [1.29, 1.82) is 0 Å². The molecular weight excluding hydrogens is 412 g/mol. The first-order chi connectivity index (χ1) is 13.8. The molecule has 0 bridgehead atoms. The number of nitrogens with one attached hydrogen (secondary N) is 1. The molecule has 0 spiro atoms. The second kappa shape index (κ2) is 10.5. The number of carbonyl (C=O) groups is 1. The van der Waals surface area contributed by atoms with Gasteiger partial charge in [-0.2, -0.15) is 4.31 Å². The van der Waals surface area contributed by atoms with Gasteiger partial charge < -0.3 is 14.8 Å². The third-order valence-corrected chi connectivity index (χ3v) is 7.28. The zero-order valence-electron chi connectivity index (χ0n) is 17.0. The van der Waals surface area contributed by atoms with Gasteiger partial charge in [0.1, 0.15) is 11.5 Å². The maximum absolute atomic E-state index is 12.8. The highest BCUT2D eigenvalue weighted by molar-refractivity contribution is 8.00. The number of benzene rings is 2. The van der Waals surface area contributed by atoms with E-state index >= 15 is 0 Å². The minimum absolute atomic E-state index is 0.111. The van der Waals surface area contributed by atoms with Crippen molar-refractivity contribution in [3.8, 4) is 11.5 Å². The maximum Gasteiger partial charge on any atom is 0.243 e. The van der Waals surface area contributed by atoms with Crippen molar-refractivity contribution in [3.63, 3.8) is 0 Å². The van der Waals surface area contributed by atoms with Gasteiger partial charge >= 0.3 is 0 Å². The Hall–Kier alpha value is -2.23. The maximum atomic E-state index is 12.8. The van der Waals surface area contributed by atoms with E-state index in [0.29, 0.717) is 24.5 Å². The normalized spacial score (nSPS) is 11.3. The lowest BCUT2D eigenvalue weighted by molar-refractivity contribution is -0.113. The number of methoxy groups -OCH3 is 2. The molecule has 1 N–H and O–H groups in total. The fourth-order valence-electron chi connectivity index (χ4n) is 2.66. The number of amides is 1. The van der Waals surface area contributed by atoms with E-state index in [1.807, 2.05) is 24.3 Å². The number of thioether (sulfide) groups is 1. The van der Waals surface area contributed by atoms with Crippen molar-refractivity contribution >= 4 is 33.4 Å². The van der Waals surface area contributed by atoms with Gasteiger partial charge in [0.05, 0.1) is 30.6 Å². The monoisotopic (exact) mass is 438 g/mol. The molecule has 2 rings (SSSR count). The molecule has 0 atom stereocenters. The summed E-state index contributed by atoms with van der Waals surface area (Å²) in [4.78, 5) is 13.4. The molecule has 7 nitrogen and oxygen atoms in total. The summed E-state index contributed by atoms with van der Waals surface area (Å²) in [6, 6.07) is 11.8. The van der Waals surface area contributed by atoms with Crippen LogP contribution in [0, 0.1) is 0 Å². The summed E-state index contributed by atoms with van der Waals surface area (Å²) in [7, 11) is -0.574. The van der Waals surface area contributed by atoms with Crippen LogP contribution < -0.4 is 14.8 Å². The summed E-state index contributed by atoms with van der Waals surface area (Å²) in [6.45, 7) is 4.30. The highest BCUT2D eigenvalue weighted by Gasteiger charge is 2.23. The van der Waals surface area contributed by atoms with E-state index in [9.17, 15) is 13.2 Å². The van der Waals surface area contributed by atoms with E-state index in [0.717, 1.165) is 10.6 Å². The standard InChI is InChI=1S/C20H26N2O5S2/c1-5-22(6-2)29(24,25)17-11-12-19(27-4)18(13-17)21-20(23)14-28-16-9-7-15(26-3)8-10-16/h7-13H,5-6,14H2,1-4H3,(H,21,23). The summed E-state index contributed by atoms with van der Waals surface area (Å²) in [6.07, 6.45) is 0. The number of sulfonamides is 1. The van der Waals surface area contributed by atoms with Crippen molar-refractivity contribution in [1.82, 2.24) is 4.31 Å². The minimum atomic E-state index is -3.64. The predicted octanol–water partition coefficient (Wildman–Crippen LogP) is 3.47. The first-order valence-corrected chi connectivity index (χ1v) is 11.5. The van der Waals surface area contributed by atoms with E-state index in [2.05, 4.69) is 5.32 Å². The molecule has 0 unspecified atom stereocenters. The number of anilines is 1. The molecule has 0 radical (unpaired) electrons. The molecule has 0 saturated carbocycles. The fraction of sp³-hybridized carbons (Fsp3) is 0.350. The molecular formula is C20H26N2O5S2. The second-order valence-electron chi connectivity index (χ2n) is 5.96. The molecule has 0 heterocycles. The zero-order valence-corrected chi connectivity index (χ0v) is 18.6. The molecule has 2 aromatic carbocycles. The van der Waals surface area contributed by atoms with Crippen molar-refractivity contribution in [2.24, 2.45) is 0 Å². The van der Waals surface area contributed by atoms with Gasteiger partial charge in [-0.15, -0.1) is 11.8 Å². The second-order valence-corrected chi connectivity index (χ2v) is 8.95. The van der Waals surface area contributed by atoms with Crippen LogP contribution in [-0.2, 0) is 14.8 Å². The van der Waals surface area contributed by atoms with Gasteiger partial charge in [-0.05, 0) is 42.5 Å². The highest BCUT2D eigenvalue weighted by atomic mass is 32.2. The number of ether oxygens (including phenoxy) is 2. The average molecular weight is 439 g/mol. The lowest BCUT2D eigenvalue weighted by Crippen LogP contribution is -2.30. The highest BCUT2D eigenvalue weighted by Crippen LogP contribution is 2.29. The van der Waals surface area contributed by atoms with Crippen molar-refractivity contribution < 1.29 is 22.7 Å². The van der Waals surface area contributed by atoms with Gasteiger partial charge in [0.15, 0.2) is 0 Å². The van der Waals surface area contributed by atoms with Gasteiger partial charge in [-0.3, -0.25) is 4.79 Å². The van der Waals surface area contributed by atoms with Crippen LogP contribution in [0.25, 0.3) is 0 Å². The summed E-state index contributed by atoms with van der Waals surface area (Å²) in [5.74, 6) is 1.05. The lowest BCUT2D eigenvalue weighted by atomic mass is 10.3. The summed E-state index contributed by atoms with van der Waals surface area (Å²) >= 11 is 1.37. The molecule has 0 saturated heterocycles. The Labute approximate surface area is 176 Å². The topological polar surface area (TPSA) is 84.9 Å². The lowest BCUT2D eigenvalue weighted by Gasteiger charge is -2.19. The predicted molar refractivity (Wildman–Crippen MR) is 115 cm³/mol. The van der Waals surface area contributed by atoms with E-state index in [4.69, 9.17) is 9.47 Å². The van der Waals surface area contributed by atoms with Crippen LogP contribution in [0.3, 0.4) is 0 Å². The summed E-state index contributed by atoms with van der Waals surface area (Å²) in [5.41, 5.74) is 0.320. The number of rotatable bonds is 10. The van der Waals surface area contributed by atoms with Gasteiger partial charge in [0, 0.05) is 18.0 Å². The zero-order chi connectivity index (χ0) is 21.4. The third kappa shape index (κ3) is 5.88. The number of hydrogen-bond donors (Lipinski definition) is 1. The Morgan fingerprint density at radius 2 is 1.69 bits per heavy atom. The van der Waals surface area contributed by atoms with Crippen molar-refractivity contribution in [2.75, 3.05) is 38.4 Å². The number of hydrogen-bond acceptors (Lipinski definition) is 6. The molecule has 0 aliphatic carbocycles. The molecule has 0 aliphatic heterocycles. The summed E-state index contributed by atoms with van der Waals surface area (Å²) < 4.78 is 37.3. The van der Waals surface area contributed by atoms with E-state index in [1.54, 1.807) is 27.0 Å². The van der Waals surface area contributed by atoms with Gasteiger partial charge in [-0.25, -0.2) is 8.42 Å². The van der Waals surface area contributed by atoms with Gasteiger partial charge in [-0.1, -0.05) is 13.8 Å². The smallest absolute Gasteiger partial charge is 0.243 e. The van der Waals surface area contributed by atoms with Crippen molar-refractivity contribution in [3.05, 3.63) is 42.5 Å². The quantitative estimate of drug-likeness (QED) is 0.572. The number of carbonyl (C=O) groups excluding carboxylic acids is 1. The molecule has 29 heavy (non-hydrogen) atoms. The van der Waals surface area contributed by atoms with E-state index in [-0.39, 0.29) is 16.6 Å². The van der Waals surface area contributed by atoms with Crippen molar-refractivity contribution in [2.45, 2.75) is 23.6 Å². The largest absolute Gasteiger partial charge is 0.497 e. The number of nitrogens with zero attached hydrogens (tertiary/aromatic N) is 1. The Balaban J connectivity index is 2.14. The summed E-state index contributed by atoms with van der Waals surface area (Å²) in [5, 5.41) is 2.75. The molecule has 1 amide bonds. The molecule has 2 aromatic rings. The molecule has 158 valence electrons. The minimum Gasteiger partial charge on any atom is -0.497 e. The van der Waals surface area contributed by atoms with Gasteiger partial charge in [0.25, 0.3) is 0 Å². The van der Waals surface area contributed by atoms with E-state index < -0.39 is 10.0 Å².